The molecular formula is C15H14FN2O3S-. The molecule has 22 heavy (non-hydrogen) atoms. The van der Waals surface area contributed by atoms with Gasteiger partial charge < -0.3 is 10.0 Å². The van der Waals surface area contributed by atoms with E-state index in [1.807, 2.05) is 0 Å². The van der Waals surface area contributed by atoms with Crippen LogP contribution >= 0.6 is 0 Å². The van der Waals surface area contributed by atoms with Crippen LogP contribution in [0.4, 0.5) is 4.39 Å². The first-order valence-corrected chi connectivity index (χ1v) is 7.79. The molecule has 0 aromatic heterocycles. The van der Waals surface area contributed by atoms with Crippen molar-refractivity contribution in [2.24, 2.45) is 4.40 Å². The Bertz CT molecular complexity index is 789. The van der Waals surface area contributed by atoms with Crippen LogP contribution in [0.3, 0.4) is 0 Å². The van der Waals surface area contributed by atoms with E-state index in [9.17, 15) is 17.9 Å². The van der Waals surface area contributed by atoms with Crippen LogP contribution in [0.5, 0.6) is 0 Å². The fourth-order valence-electron chi connectivity index (χ4n) is 1.76. The lowest BCUT2D eigenvalue weighted by molar-refractivity contribution is -0.329. The van der Waals surface area contributed by atoms with Gasteiger partial charge in [-0.15, -0.1) is 0 Å². The Morgan fingerprint density at radius 1 is 1.14 bits per heavy atom. The first-order chi connectivity index (χ1) is 10.3. The van der Waals surface area contributed by atoms with Crippen LogP contribution < -0.4 is 5.11 Å². The molecule has 0 unspecified atom stereocenters. The lowest BCUT2D eigenvalue weighted by atomic mass is 10.1. The summed E-state index contributed by atoms with van der Waals surface area (Å²) < 4.78 is 41.1. The van der Waals surface area contributed by atoms with Crippen LogP contribution in [0.2, 0.25) is 0 Å². The fourth-order valence-corrected chi connectivity index (χ4v) is 2.77. The molecule has 116 valence electrons. The standard InChI is InChI=1S/C15H15FN2O3S/c1-18(2)15(19)13-5-3-4-6-14(13)17-22(20,21)12-9-7-11(16)8-10-12/h3-10,19H,1-2H3/p-1. The molecule has 1 aromatic rings. The third-order valence-electron chi connectivity index (χ3n) is 2.87. The lowest BCUT2D eigenvalue weighted by Gasteiger charge is -2.26. The highest BCUT2D eigenvalue weighted by molar-refractivity contribution is 7.90. The molecule has 0 atom stereocenters. The van der Waals surface area contributed by atoms with Crippen LogP contribution in [0.15, 0.2) is 69.3 Å². The topological polar surface area (TPSA) is 72.8 Å². The van der Waals surface area contributed by atoms with E-state index in [4.69, 9.17) is 0 Å². The Labute approximate surface area is 128 Å². The van der Waals surface area contributed by atoms with E-state index in [0.717, 1.165) is 24.3 Å². The summed E-state index contributed by atoms with van der Waals surface area (Å²) >= 11 is 0. The zero-order valence-electron chi connectivity index (χ0n) is 12.0. The predicted molar refractivity (Wildman–Crippen MR) is 80.0 cm³/mol. The molecule has 5 nitrogen and oxygen atoms in total. The fraction of sp³-hybridized carbons (Fsp3) is 0.133. The van der Waals surface area contributed by atoms with Crippen molar-refractivity contribution in [3.8, 4) is 0 Å². The maximum atomic E-state index is 12.9. The lowest BCUT2D eigenvalue weighted by Crippen LogP contribution is -2.26. The quantitative estimate of drug-likeness (QED) is 0.785. The van der Waals surface area contributed by atoms with Crippen molar-refractivity contribution in [2.75, 3.05) is 14.1 Å². The second kappa shape index (κ2) is 6.15. The largest absolute Gasteiger partial charge is 0.860 e. The average Bonchev–Trinajstić information content (AvgIpc) is 2.47. The van der Waals surface area contributed by atoms with Crippen LogP contribution in [-0.2, 0) is 10.0 Å². The highest BCUT2D eigenvalue weighted by Crippen LogP contribution is 2.18. The van der Waals surface area contributed by atoms with Gasteiger partial charge in [0, 0.05) is 19.7 Å². The molecule has 0 saturated heterocycles. The number of allylic oxidation sites excluding steroid dienone is 5. The highest BCUT2D eigenvalue weighted by atomic mass is 32.2. The number of benzene rings is 1. The molecule has 0 spiro atoms. The molecule has 0 fully saturated rings. The smallest absolute Gasteiger partial charge is 0.282 e. The van der Waals surface area contributed by atoms with E-state index >= 15 is 0 Å². The Morgan fingerprint density at radius 3 is 2.32 bits per heavy atom. The minimum atomic E-state index is -4.02. The first kappa shape index (κ1) is 16.0. The zero-order chi connectivity index (χ0) is 16.3. The van der Waals surface area contributed by atoms with Gasteiger partial charge >= 0.3 is 0 Å². The number of sulfonamides is 1. The summed E-state index contributed by atoms with van der Waals surface area (Å²) in [6, 6.07) is 4.34. The van der Waals surface area contributed by atoms with Crippen LogP contribution in [0.25, 0.3) is 0 Å². The molecule has 1 aromatic carbocycles. The Kier molecular flexibility index (Phi) is 4.46. The molecule has 0 bridgehead atoms. The van der Waals surface area contributed by atoms with E-state index in [1.54, 1.807) is 26.2 Å². The monoisotopic (exact) mass is 321 g/mol. The van der Waals surface area contributed by atoms with Gasteiger partial charge in [-0.05, 0) is 36.2 Å². The molecule has 1 aliphatic rings. The molecule has 0 saturated carbocycles. The molecule has 0 N–H and O–H groups in total. The molecule has 1 aliphatic carbocycles. The summed E-state index contributed by atoms with van der Waals surface area (Å²) in [6.45, 7) is 0. The summed E-state index contributed by atoms with van der Waals surface area (Å²) in [5.74, 6) is -0.893. The average molecular weight is 321 g/mol. The summed E-state index contributed by atoms with van der Waals surface area (Å²) in [5.41, 5.74) is 0.226. The van der Waals surface area contributed by atoms with Crippen molar-refractivity contribution >= 4 is 15.7 Å². The van der Waals surface area contributed by atoms with E-state index in [2.05, 4.69) is 4.40 Å². The SMILES string of the molecule is CN(C)C([O-])=C1C=CC=CC1=NS(=O)(=O)c1ccc(F)cc1. The Morgan fingerprint density at radius 2 is 1.73 bits per heavy atom. The maximum Gasteiger partial charge on any atom is 0.282 e. The van der Waals surface area contributed by atoms with Gasteiger partial charge in [-0.1, -0.05) is 18.2 Å². The van der Waals surface area contributed by atoms with Crippen LogP contribution in [0.1, 0.15) is 0 Å². The minimum absolute atomic E-state index is 0.0468. The van der Waals surface area contributed by atoms with Gasteiger partial charge in [0.1, 0.15) is 5.82 Å². The van der Waals surface area contributed by atoms with Gasteiger partial charge in [0.2, 0.25) is 0 Å². The van der Waals surface area contributed by atoms with E-state index in [1.165, 1.54) is 17.1 Å². The van der Waals surface area contributed by atoms with Crippen molar-refractivity contribution in [1.82, 2.24) is 4.90 Å². The van der Waals surface area contributed by atoms with Crippen molar-refractivity contribution in [3.63, 3.8) is 0 Å². The Balaban J connectivity index is 2.50. The van der Waals surface area contributed by atoms with Gasteiger partial charge in [0.25, 0.3) is 10.0 Å². The van der Waals surface area contributed by atoms with Crippen molar-refractivity contribution in [1.29, 1.82) is 0 Å². The number of hydrogen-bond donors (Lipinski definition) is 0. The van der Waals surface area contributed by atoms with Crippen LogP contribution in [-0.4, -0.2) is 33.1 Å². The molecule has 0 heterocycles. The third-order valence-corrected chi connectivity index (χ3v) is 4.18. The van der Waals surface area contributed by atoms with Crippen molar-refractivity contribution < 1.29 is 17.9 Å². The van der Waals surface area contributed by atoms with E-state index < -0.39 is 15.8 Å². The van der Waals surface area contributed by atoms with Crippen molar-refractivity contribution in [3.05, 3.63) is 65.8 Å². The molecule has 0 radical (unpaired) electrons. The van der Waals surface area contributed by atoms with Gasteiger partial charge in [-0.3, -0.25) is 0 Å². The molecule has 0 amide bonds. The number of rotatable bonds is 3. The van der Waals surface area contributed by atoms with Gasteiger partial charge in [-0.2, -0.15) is 12.8 Å². The molecule has 0 aliphatic heterocycles. The van der Waals surface area contributed by atoms with Gasteiger partial charge in [-0.25, -0.2) is 4.39 Å². The van der Waals surface area contributed by atoms with Crippen molar-refractivity contribution in [2.45, 2.75) is 4.90 Å². The summed E-state index contributed by atoms with van der Waals surface area (Å²) in [7, 11) is -0.898. The highest BCUT2D eigenvalue weighted by Gasteiger charge is 2.16. The normalized spacial score (nSPS) is 18.6. The van der Waals surface area contributed by atoms with E-state index in [-0.39, 0.29) is 22.1 Å². The molecule has 2 rings (SSSR count). The second-order valence-electron chi connectivity index (χ2n) is 4.74. The summed E-state index contributed by atoms with van der Waals surface area (Å²) in [6.07, 6.45) is 6.16. The first-order valence-electron chi connectivity index (χ1n) is 6.35. The summed E-state index contributed by atoms with van der Waals surface area (Å²) in [5, 5.41) is 12.1. The van der Waals surface area contributed by atoms with E-state index in [0.29, 0.717) is 0 Å². The molecule has 7 heteroatoms. The second-order valence-corrected chi connectivity index (χ2v) is 6.34. The number of nitrogens with zero attached hydrogens (tertiary/aromatic N) is 2. The predicted octanol–water partition coefficient (Wildman–Crippen LogP) is 1.21. The Hall–Kier alpha value is -2.41. The van der Waals surface area contributed by atoms with Gasteiger partial charge in [0.05, 0.1) is 10.6 Å². The maximum absolute atomic E-state index is 12.9. The zero-order valence-corrected chi connectivity index (χ0v) is 12.8. The minimum Gasteiger partial charge on any atom is -0.860 e. The van der Waals surface area contributed by atoms with Gasteiger partial charge in [0.15, 0.2) is 0 Å². The third kappa shape index (κ3) is 3.43. The van der Waals surface area contributed by atoms with Crippen LogP contribution in [0, 0.1) is 5.82 Å². The summed E-state index contributed by atoms with van der Waals surface area (Å²) in [4.78, 5) is 1.19. The molecular weight excluding hydrogens is 307 g/mol. The number of hydrogen-bond acceptors (Lipinski definition) is 4. The number of halogens is 1.